The van der Waals surface area contributed by atoms with Crippen LogP contribution in [-0.4, -0.2) is 24.7 Å². The summed E-state index contributed by atoms with van der Waals surface area (Å²) in [4.78, 5) is 12.0. The summed E-state index contributed by atoms with van der Waals surface area (Å²) >= 11 is 0. The lowest BCUT2D eigenvalue weighted by atomic mass is 9.81. The van der Waals surface area contributed by atoms with Gasteiger partial charge in [0.2, 0.25) is 5.91 Å². The maximum atomic E-state index is 12.5. The van der Waals surface area contributed by atoms with Gasteiger partial charge in [-0.15, -0.1) is 0 Å². The van der Waals surface area contributed by atoms with Crippen molar-refractivity contribution in [3.05, 3.63) is 0 Å². The molecule has 1 saturated carbocycles. The summed E-state index contributed by atoms with van der Waals surface area (Å²) in [5.41, 5.74) is 5.52. The van der Waals surface area contributed by atoms with Gasteiger partial charge in [-0.05, 0) is 45.1 Å². The Morgan fingerprint density at radius 2 is 1.79 bits per heavy atom. The average molecular weight is 280 g/mol. The fourth-order valence-corrected chi connectivity index (χ4v) is 2.37. The molecule has 19 heavy (non-hydrogen) atoms. The van der Waals surface area contributed by atoms with Crippen molar-refractivity contribution in [2.24, 2.45) is 23.5 Å². The first-order valence-electron chi connectivity index (χ1n) is 6.82. The molecule has 2 atom stereocenters. The van der Waals surface area contributed by atoms with E-state index in [4.69, 9.17) is 5.73 Å². The van der Waals surface area contributed by atoms with Gasteiger partial charge in [-0.1, -0.05) is 6.92 Å². The van der Waals surface area contributed by atoms with E-state index < -0.39 is 12.1 Å². The largest absolute Gasteiger partial charge is 0.391 e. The number of carbonyl (C=O) groups is 1. The Balaban J connectivity index is 2.41. The zero-order chi connectivity index (χ0) is 14.6. The topological polar surface area (TPSA) is 55.1 Å². The Morgan fingerprint density at radius 1 is 1.26 bits per heavy atom. The number of hydrogen-bond donors (Lipinski definition) is 2. The molecule has 0 aromatic heterocycles. The zero-order valence-electron chi connectivity index (χ0n) is 11.5. The highest BCUT2D eigenvalue weighted by molar-refractivity contribution is 5.79. The van der Waals surface area contributed by atoms with Gasteiger partial charge >= 0.3 is 6.18 Å². The molecule has 0 saturated heterocycles. The Morgan fingerprint density at radius 3 is 2.21 bits per heavy atom. The van der Waals surface area contributed by atoms with Crippen molar-refractivity contribution in [3.8, 4) is 0 Å². The van der Waals surface area contributed by atoms with Crippen LogP contribution in [0.5, 0.6) is 0 Å². The first kappa shape index (κ1) is 16.3. The van der Waals surface area contributed by atoms with Crippen molar-refractivity contribution < 1.29 is 18.0 Å². The lowest BCUT2D eigenvalue weighted by Crippen LogP contribution is -2.43. The SMILES string of the molecule is CC(CN)C(C)NC(=O)C1CCC(C(F)(F)F)CC1. The highest BCUT2D eigenvalue weighted by atomic mass is 19.4. The minimum absolute atomic E-state index is 0.0437. The number of rotatable bonds is 4. The number of nitrogens with one attached hydrogen (secondary N) is 1. The third-order valence-corrected chi connectivity index (χ3v) is 4.16. The summed E-state index contributed by atoms with van der Waals surface area (Å²) in [5.74, 6) is -1.49. The molecule has 112 valence electrons. The molecule has 3 N–H and O–H groups in total. The lowest BCUT2D eigenvalue weighted by molar-refractivity contribution is -0.184. The van der Waals surface area contributed by atoms with Crippen molar-refractivity contribution >= 4 is 5.91 Å². The van der Waals surface area contributed by atoms with E-state index in [1.807, 2.05) is 13.8 Å². The molecule has 1 rings (SSSR count). The van der Waals surface area contributed by atoms with Crippen LogP contribution in [0.25, 0.3) is 0 Å². The first-order chi connectivity index (χ1) is 8.75. The van der Waals surface area contributed by atoms with Crippen LogP contribution in [-0.2, 0) is 4.79 Å². The highest BCUT2D eigenvalue weighted by Gasteiger charge is 2.42. The van der Waals surface area contributed by atoms with E-state index in [9.17, 15) is 18.0 Å². The molecule has 6 heteroatoms. The van der Waals surface area contributed by atoms with Crippen LogP contribution in [0.3, 0.4) is 0 Å². The normalized spacial score (nSPS) is 27.7. The Kier molecular flexibility index (Phi) is 5.64. The van der Waals surface area contributed by atoms with E-state index in [1.165, 1.54) is 0 Å². The second-order valence-electron chi connectivity index (χ2n) is 5.60. The molecule has 0 aromatic rings. The number of alkyl halides is 3. The van der Waals surface area contributed by atoms with Crippen molar-refractivity contribution in [2.45, 2.75) is 51.7 Å². The van der Waals surface area contributed by atoms with Gasteiger partial charge in [0.05, 0.1) is 5.92 Å². The van der Waals surface area contributed by atoms with E-state index in [2.05, 4.69) is 5.32 Å². The van der Waals surface area contributed by atoms with E-state index >= 15 is 0 Å². The molecule has 1 fully saturated rings. The van der Waals surface area contributed by atoms with Crippen LogP contribution in [0.1, 0.15) is 39.5 Å². The molecule has 1 amide bonds. The van der Waals surface area contributed by atoms with E-state index in [-0.39, 0.29) is 36.6 Å². The van der Waals surface area contributed by atoms with E-state index in [0.29, 0.717) is 19.4 Å². The second kappa shape index (κ2) is 6.59. The number of nitrogens with two attached hydrogens (primary N) is 1. The monoisotopic (exact) mass is 280 g/mol. The summed E-state index contributed by atoms with van der Waals surface area (Å²) < 4.78 is 37.6. The number of hydrogen-bond acceptors (Lipinski definition) is 2. The van der Waals surface area contributed by atoms with Crippen LogP contribution in [0.15, 0.2) is 0 Å². The standard InChI is InChI=1S/C13H23F3N2O/c1-8(7-17)9(2)18-12(19)10-3-5-11(6-4-10)13(14,15)16/h8-11H,3-7,17H2,1-2H3,(H,18,19). The van der Waals surface area contributed by atoms with Gasteiger partial charge in [-0.3, -0.25) is 4.79 Å². The van der Waals surface area contributed by atoms with E-state index in [1.54, 1.807) is 0 Å². The zero-order valence-corrected chi connectivity index (χ0v) is 11.5. The third kappa shape index (κ3) is 4.67. The highest BCUT2D eigenvalue weighted by Crippen LogP contribution is 2.39. The molecule has 0 radical (unpaired) electrons. The molecular formula is C13H23F3N2O. The Labute approximate surface area is 112 Å². The number of halogens is 3. The van der Waals surface area contributed by atoms with Gasteiger partial charge in [0.15, 0.2) is 0 Å². The van der Waals surface area contributed by atoms with Crippen molar-refractivity contribution in [2.75, 3.05) is 6.54 Å². The Hall–Kier alpha value is -0.780. The van der Waals surface area contributed by atoms with Crippen LogP contribution < -0.4 is 11.1 Å². The van der Waals surface area contributed by atoms with Crippen LogP contribution >= 0.6 is 0 Å². The van der Waals surface area contributed by atoms with Crippen molar-refractivity contribution in [3.63, 3.8) is 0 Å². The Bertz CT molecular complexity index is 299. The van der Waals surface area contributed by atoms with Crippen LogP contribution in [0.4, 0.5) is 13.2 Å². The van der Waals surface area contributed by atoms with Gasteiger partial charge in [0, 0.05) is 12.0 Å². The molecule has 0 spiro atoms. The fourth-order valence-electron chi connectivity index (χ4n) is 2.37. The molecule has 1 aliphatic rings. The van der Waals surface area contributed by atoms with Crippen LogP contribution in [0.2, 0.25) is 0 Å². The third-order valence-electron chi connectivity index (χ3n) is 4.16. The molecule has 0 aromatic carbocycles. The predicted molar refractivity (Wildman–Crippen MR) is 67.3 cm³/mol. The number of carbonyl (C=O) groups excluding carboxylic acids is 1. The minimum Gasteiger partial charge on any atom is -0.353 e. The lowest BCUT2D eigenvalue weighted by Gasteiger charge is -2.30. The van der Waals surface area contributed by atoms with Gasteiger partial charge in [-0.25, -0.2) is 0 Å². The molecule has 0 bridgehead atoms. The van der Waals surface area contributed by atoms with Gasteiger partial charge in [-0.2, -0.15) is 13.2 Å². The first-order valence-corrected chi connectivity index (χ1v) is 6.82. The average Bonchev–Trinajstić information content (AvgIpc) is 2.36. The molecular weight excluding hydrogens is 257 g/mol. The maximum absolute atomic E-state index is 12.5. The molecule has 2 unspecified atom stereocenters. The smallest absolute Gasteiger partial charge is 0.353 e. The molecule has 0 heterocycles. The summed E-state index contributed by atoms with van der Waals surface area (Å²) in [6.45, 7) is 4.28. The summed E-state index contributed by atoms with van der Waals surface area (Å²) in [7, 11) is 0. The molecule has 1 aliphatic carbocycles. The van der Waals surface area contributed by atoms with Crippen molar-refractivity contribution in [1.29, 1.82) is 0 Å². The minimum atomic E-state index is -4.12. The van der Waals surface area contributed by atoms with Gasteiger partial charge in [0.25, 0.3) is 0 Å². The van der Waals surface area contributed by atoms with Crippen LogP contribution in [0, 0.1) is 17.8 Å². The summed E-state index contributed by atoms with van der Waals surface area (Å²) in [5, 5.41) is 2.85. The maximum Gasteiger partial charge on any atom is 0.391 e. The second-order valence-corrected chi connectivity index (χ2v) is 5.60. The summed E-state index contributed by atoms with van der Waals surface area (Å²) in [6, 6.07) is -0.0437. The van der Waals surface area contributed by atoms with E-state index in [0.717, 1.165) is 0 Å². The number of amides is 1. The van der Waals surface area contributed by atoms with Gasteiger partial charge in [0.1, 0.15) is 0 Å². The predicted octanol–water partition coefficient (Wildman–Crippen LogP) is 2.45. The quantitative estimate of drug-likeness (QED) is 0.831. The van der Waals surface area contributed by atoms with Gasteiger partial charge < -0.3 is 11.1 Å². The molecule has 3 nitrogen and oxygen atoms in total. The molecule has 0 aliphatic heterocycles. The summed E-state index contributed by atoms with van der Waals surface area (Å²) in [6.07, 6.45) is -3.37. The fraction of sp³-hybridized carbons (Fsp3) is 0.923. The van der Waals surface area contributed by atoms with Crippen molar-refractivity contribution in [1.82, 2.24) is 5.32 Å².